The smallest absolute Gasteiger partial charge is 0.408 e. The second-order valence-electron chi connectivity index (χ2n) is 7.49. The highest BCUT2D eigenvalue weighted by Crippen LogP contribution is 2.12. The van der Waals surface area contributed by atoms with Gasteiger partial charge in [0, 0.05) is 5.56 Å². The number of carbonyl (C=O) groups excluding carboxylic acids is 2. The van der Waals surface area contributed by atoms with Gasteiger partial charge in [-0.25, -0.2) is 10.2 Å². The van der Waals surface area contributed by atoms with Crippen LogP contribution in [0.2, 0.25) is 0 Å². The van der Waals surface area contributed by atoms with Gasteiger partial charge < -0.3 is 19.9 Å². The summed E-state index contributed by atoms with van der Waals surface area (Å²) < 4.78 is 10.8. The summed E-state index contributed by atoms with van der Waals surface area (Å²) in [6.07, 6.45) is 0.568. The number of carbonyl (C=O) groups is 2. The van der Waals surface area contributed by atoms with Crippen molar-refractivity contribution >= 4 is 18.2 Å². The molecule has 0 aliphatic rings. The van der Waals surface area contributed by atoms with Gasteiger partial charge in [0.2, 0.25) is 0 Å². The molecule has 0 aromatic heterocycles. The van der Waals surface area contributed by atoms with Gasteiger partial charge >= 0.3 is 6.09 Å². The fraction of sp³-hybridized carbons (Fsp3) is 0.318. The van der Waals surface area contributed by atoms with E-state index >= 15 is 0 Å². The highest BCUT2D eigenvalue weighted by Gasteiger charge is 2.24. The summed E-state index contributed by atoms with van der Waals surface area (Å²) in [5.41, 5.74) is 3.01. The summed E-state index contributed by atoms with van der Waals surface area (Å²) in [4.78, 5) is 24.6. The SMILES string of the molecule is CC(C)(C)OC(=O)N[C@@H](COCc1ccccc1)C(=O)N/N=C\c1ccccc1O. The normalized spacial score (nSPS) is 12.4. The fourth-order valence-electron chi connectivity index (χ4n) is 2.34. The van der Waals surface area contributed by atoms with Crippen LogP contribution >= 0.6 is 0 Å². The van der Waals surface area contributed by atoms with Crippen LogP contribution < -0.4 is 10.7 Å². The van der Waals surface area contributed by atoms with Crippen LogP contribution in [-0.4, -0.2) is 41.6 Å². The molecule has 0 aliphatic carbocycles. The molecule has 30 heavy (non-hydrogen) atoms. The molecule has 2 amide bonds. The van der Waals surface area contributed by atoms with Crippen LogP contribution in [0, 0.1) is 0 Å². The number of rotatable bonds is 8. The zero-order valence-corrected chi connectivity index (χ0v) is 17.3. The van der Waals surface area contributed by atoms with Gasteiger partial charge in [0.25, 0.3) is 5.91 Å². The predicted octanol–water partition coefficient (Wildman–Crippen LogP) is 2.95. The van der Waals surface area contributed by atoms with Crippen molar-refractivity contribution in [3.05, 3.63) is 65.7 Å². The number of phenolic OH excluding ortho intramolecular Hbond substituents is 1. The molecule has 0 saturated carbocycles. The number of para-hydroxylation sites is 1. The van der Waals surface area contributed by atoms with E-state index in [9.17, 15) is 14.7 Å². The predicted molar refractivity (Wildman–Crippen MR) is 113 cm³/mol. The third-order valence-electron chi connectivity index (χ3n) is 3.72. The molecule has 0 saturated heterocycles. The largest absolute Gasteiger partial charge is 0.507 e. The number of hydrazone groups is 1. The number of benzene rings is 2. The number of nitrogens with one attached hydrogen (secondary N) is 2. The Bertz CT molecular complexity index is 863. The van der Waals surface area contributed by atoms with Crippen molar-refractivity contribution in [2.24, 2.45) is 5.10 Å². The number of hydrogen-bond donors (Lipinski definition) is 3. The number of ether oxygens (including phenoxy) is 2. The van der Waals surface area contributed by atoms with Crippen molar-refractivity contribution in [1.82, 2.24) is 10.7 Å². The molecular formula is C22H27N3O5. The molecule has 8 heteroatoms. The van der Waals surface area contributed by atoms with Gasteiger partial charge in [-0.1, -0.05) is 42.5 Å². The first-order chi connectivity index (χ1) is 14.2. The molecular weight excluding hydrogens is 386 g/mol. The minimum Gasteiger partial charge on any atom is -0.507 e. The van der Waals surface area contributed by atoms with Gasteiger partial charge in [-0.3, -0.25) is 4.79 Å². The van der Waals surface area contributed by atoms with Crippen LogP contribution in [-0.2, 0) is 20.9 Å². The average molecular weight is 413 g/mol. The second kappa shape index (κ2) is 11.0. The summed E-state index contributed by atoms with van der Waals surface area (Å²) in [7, 11) is 0. The number of aromatic hydroxyl groups is 1. The van der Waals surface area contributed by atoms with Crippen molar-refractivity contribution in [2.45, 2.75) is 39.0 Å². The maximum Gasteiger partial charge on any atom is 0.408 e. The molecule has 2 rings (SSSR count). The van der Waals surface area contributed by atoms with Crippen molar-refractivity contribution in [1.29, 1.82) is 0 Å². The summed E-state index contributed by atoms with van der Waals surface area (Å²) in [6, 6.07) is 15.0. The van der Waals surface area contributed by atoms with Crippen molar-refractivity contribution < 1.29 is 24.2 Å². The van der Waals surface area contributed by atoms with E-state index in [2.05, 4.69) is 15.8 Å². The zero-order chi connectivity index (χ0) is 22.0. The first-order valence-corrected chi connectivity index (χ1v) is 9.47. The number of nitrogens with zero attached hydrogens (tertiary/aromatic N) is 1. The van der Waals surface area contributed by atoms with E-state index in [1.54, 1.807) is 39.0 Å². The zero-order valence-electron chi connectivity index (χ0n) is 17.3. The minimum absolute atomic E-state index is 0.0325. The van der Waals surface area contributed by atoms with Gasteiger partial charge in [0.05, 0.1) is 19.4 Å². The number of amides is 2. The van der Waals surface area contributed by atoms with E-state index in [0.29, 0.717) is 5.56 Å². The van der Waals surface area contributed by atoms with E-state index in [1.165, 1.54) is 12.3 Å². The lowest BCUT2D eigenvalue weighted by atomic mass is 10.2. The Kier molecular flexibility index (Phi) is 8.37. The number of alkyl carbamates (subject to hydrolysis) is 1. The molecule has 2 aromatic rings. The van der Waals surface area contributed by atoms with Gasteiger partial charge in [0.15, 0.2) is 0 Å². The lowest BCUT2D eigenvalue weighted by Crippen LogP contribution is -2.49. The molecule has 2 aromatic carbocycles. The van der Waals surface area contributed by atoms with Crippen LogP contribution in [0.4, 0.5) is 4.79 Å². The molecule has 0 radical (unpaired) electrons. The van der Waals surface area contributed by atoms with E-state index in [-0.39, 0.29) is 19.0 Å². The molecule has 160 valence electrons. The van der Waals surface area contributed by atoms with Crippen LogP contribution in [0.25, 0.3) is 0 Å². The Morgan fingerprint density at radius 1 is 1.10 bits per heavy atom. The van der Waals surface area contributed by atoms with E-state index in [1.807, 2.05) is 30.3 Å². The highest BCUT2D eigenvalue weighted by atomic mass is 16.6. The molecule has 8 nitrogen and oxygen atoms in total. The molecule has 3 N–H and O–H groups in total. The van der Waals surface area contributed by atoms with Gasteiger partial charge in [0.1, 0.15) is 17.4 Å². The molecule has 1 atom stereocenters. The Labute approximate surface area is 175 Å². The number of hydrogen-bond acceptors (Lipinski definition) is 6. The van der Waals surface area contributed by atoms with E-state index < -0.39 is 23.6 Å². The maximum absolute atomic E-state index is 12.5. The number of phenols is 1. The monoisotopic (exact) mass is 413 g/mol. The molecule has 0 heterocycles. The molecule has 0 spiro atoms. The van der Waals surface area contributed by atoms with Crippen molar-refractivity contribution in [3.63, 3.8) is 0 Å². The first-order valence-electron chi connectivity index (χ1n) is 9.47. The quantitative estimate of drug-likeness (QED) is 0.455. The Balaban J connectivity index is 1.98. The Morgan fingerprint density at radius 2 is 1.77 bits per heavy atom. The van der Waals surface area contributed by atoms with E-state index in [4.69, 9.17) is 9.47 Å². The van der Waals surface area contributed by atoms with Crippen LogP contribution in [0.3, 0.4) is 0 Å². The van der Waals surface area contributed by atoms with Gasteiger partial charge in [-0.2, -0.15) is 5.10 Å². The van der Waals surface area contributed by atoms with Crippen molar-refractivity contribution in [3.8, 4) is 5.75 Å². The summed E-state index contributed by atoms with van der Waals surface area (Å²) in [6.45, 7) is 5.38. The van der Waals surface area contributed by atoms with Crippen LogP contribution in [0.15, 0.2) is 59.7 Å². The van der Waals surface area contributed by atoms with E-state index in [0.717, 1.165) is 5.56 Å². The standard InChI is InChI=1S/C22H27N3O5/c1-22(2,3)30-21(28)24-18(15-29-14-16-9-5-4-6-10-16)20(27)25-23-13-17-11-7-8-12-19(17)26/h4-13,18,26H,14-15H2,1-3H3,(H,24,28)(H,25,27)/b23-13-/t18-/m0/s1. The summed E-state index contributed by atoms with van der Waals surface area (Å²) in [5.74, 6) is -0.550. The minimum atomic E-state index is -1.02. The van der Waals surface area contributed by atoms with Gasteiger partial charge in [-0.15, -0.1) is 0 Å². The average Bonchev–Trinajstić information content (AvgIpc) is 2.68. The molecule has 0 bridgehead atoms. The van der Waals surface area contributed by atoms with Gasteiger partial charge in [-0.05, 0) is 38.5 Å². The third kappa shape index (κ3) is 8.32. The maximum atomic E-state index is 12.5. The topological polar surface area (TPSA) is 109 Å². The van der Waals surface area contributed by atoms with Crippen molar-refractivity contribution in [2.75, 3.05) is 6.61 Å². The first kappa shape index (κ1) is 22.9. The molecule has 0 fully saturated rings. The molecule has 0 unspecified atom stereocenters. The van der Waals surface area contributed by atoms with Crippen LogP contribution in [0.1, 0.15) is 31.9 Å². The fourth-order valence-corrected chi connectivity index (χ4v) is 2.34. The summed E-state index contributed by atoms with van der Waals surface area (Å²) >= 11 is 0. The van der Waals surface area contributed by atoms with Crippen LogP contribution in [0.5, 0.6) is 5.75 Å². The third-order valence-corrected chi connectivity index (χ3v) is 3.72. The highest BCUT2D eigenvalue weighted by molar-refractivity contribution is 5.88. The Hall–Kier alpha value is -3.39. The summed E-state index contributed by atoms with van der Waals surface area (Å²) in [5, 5.41) is 16.1. The lowest BCUT2D eigenvalue weighted by Gasteiger charge is -2.22. The molecule has 0 aliphatic heterocycles. The second-order valence-corrected chi connectivity index (χ2v) is 7.49. The lowest BCUT2D eigenvalue weighted by molar-refractivity contribution is -0.124. The Morgan fingerprint density at radius 3 is 2.43 bits per heavy atom.